The lowest BCUT2D eigenvalue weighted by Gasteiger charge is -2.16. The van der Waals surface area contributed by atoms with E-state index in [1.807, 2.05) is 0 Å². The molecule has 0 radical (unpaired) electrons. The number of carbonyl (C=O) groups is 2. The van der Waals surface area contributed by atoms with Crippen molar-refractivity contribution in [3.8, 4) is 0 Å². The fraction of sp³-hybridized carbons (Fsp3) is 0.846. The molecular formula is C13H25NO6. The molecule has 2 atom stereocenters. The van der Waals surface area contributed by atoms with Crippen LogP contribution in [0.3, 0.4) is 0 Å². The third-order valence-corrected chi connectivity index (χ3v) is 2.39. The number of carbonyl (C=O) groups excluding carboxylic acids is 2. The number of hydrogen-bond donors (Lipinski definition) is 1. The van der Waals surface area contributed by atoms with Crippen molar-refractivity contribution < 1.29 is 28.5 Å². The van der Waals surface area contributed by atoms with Gasteiger partial charge in [-0.15, -0.1) is 0 Å². The van der Waals surface area contributed by atoms with Crippen molar-refractivity contribution in [3.05, 3.63) is 0 Å². The first-order valence-electron chi connectivity index (χ1n) is 6.69. The molecule has 7 heteroatoms. The molecule has 0 aromatic carbocycles. The Hall–Kier alpha value is -1.18. The number of hydrogen-bond acceptors (Lipinski definition) is 6. The van der Waals surface area contributed by atoms with Crippen LogP contribution in [0.1, 0.15) is 20.8 Å². The second-order valence-electron chi connectivity index (χ2n) is 4.07. The predicted molar refractivity (Wildman–Crippen MR) is 72.3 cm³/mol. The SMILES string of the molecule is CCOC(C)C(=O)OC(C)C(=O)NCCOCCOC. The van der Waals surface area contributed by atoms with E-state index in [2.05, 4.69) is 5.32 Å². The summed E-state index contributed by atoms with van der Waals surface area (Å²) in [5.41, 5.74) is 0. The fourth-order valence-corrected chi connectivity index (χ4v) is 1.28. The van der Waals surface area contributed by atoms with Crippen molar-refractivity contribution in [1.29, 1.82) is 0 Å². The molecule has 0 bridgehead atoms. The molecule has 1 N–H and O–H groups in total. The summed E-state index contributed by atoms with van der Waals surface area (Å²) in [4.78, 5) is 23.2. The third kappa shape index (κ3) is 8.84. The number of nitrogens with one attached hydrogen (secondary N) is 1. The van der Waals surface area contributed by atoms with E-state index in [9.17, 15) is 9.59 Å². The zero-order valence-corrected chi connectivity index (χ0v) is 12.6. The average molecular weight is 291 g/mol. The van der Waals surface area contributed by atoms with E-state index in [0.29, 0.717) is 33.0 Å². The molecule has 0 aliphatic rings. The minimum absolute atomic E-state index is 0.353. The van der Waals surface area contributed by atoms with Crippen LogP contribution < -0.4 is 5.32 Å². The summed E-state index contributed by atoms with van der Waals surface area (Å²) in [7, 11) is 1.59. The normalized spacial score (nSPS) is 13.6. The van der Waals surface area contributed by atoms with Crippen LogP contribution >= 0.6 is 0 Å². The van der Waals surface area contributed by atoms with Gasteiger partial charge in [0.15, 0.2) is 12.2 Å². The van der Waals surface area contributed by atoms with E-state index in [4.69, 9.17) is 18.9 Å². The lowest BCUT2D eigenvalue weighted by atomic mass is 10.3. The molecule has 0 spiro atoms. The Morgan fingerprint density at radius 1 is 1.10 bits per heavy atom. The number of ether oxygens (including phenoxy) is 4. The Morgan fingerprint density at radius 3 is 2.40 bits per heavy atom. The minimum atomic E-state index is -0.857. The van der Waals surface area contributed by atoms with Gasteiger partial charge in [-0.25, -0.2) is 4.79 Å². The van der Waals surface area contributed by atoms with Gasteiger partial charge in [-0.05, 0) is 20.8 Å². The van der Waals surface area contributed by atoms with E-state index >= 15 is 0 Å². The molecule has 7 nitrogen and oxygen atoms in total. The highest BCUT2D eigenvalue weighted by Gasteiger charge is 2.21. The molecule has 0 aromatic heterocycles. The van der Waals surface area contributed by atoms with Crippen molar-refractivity contribution in [1.82, 2.24) is 5.32 Å². The molecule has 0 fully saturated rings. The van der Waals surface area contributed by atoms with Crippen molar-refractivity contribution in [2.75, 3.05) is 40.1 Å². The standard InChI is InChI=1S/C13H25NO6/c1-5-19-11(3)13(16)20-10(2)12(15)14-6-7-18-9-8-17-4/h10-11H,5-9H2,1-4H3,(H,14,15). The van der Waals surface area contributed by atoms with Gasteiger partial charge in [-0.2, -0.15) is 0 Å². The van der Waals surface area contributed by atoms with Crippen LogP contribution in [-0.4, -0.2) is 64.2 Å². The lowest BCUT2D eigenvalue weighted by Crippen LogP contribution is -2.39. The van der Waals surface area contributed by atoms with Gasteiger partial charge in [0, 0.05) is 20.3 Å². The van der Waals surface area contributed by atoms with Crippen LogP contribution in [0.2, 0.25) is 0 Å². The Labute approximate surface area is 119 Å². The summed E-state index contributed by atoms with van der Waals surface area (Å²) in [6.07, 6.45) is -1.53. The largest absolute Gasteiger partial charge is 0.451 e. The quantitative estimate of drug-likeness (QED) is 0.430. The average Bonchev–Trinajstić information content (AvgIpc) is 2.42. The summed E-state index contributed by atoms with van der Waals surface area (Å²) < 4.78 is 20.1. The Bertz CT molecular complexity index is 284. The molecular weight excluding hydrogens is 266 g/mol. The smallest absolute Gasteiger partial charge is 0.335 e. The van der Waals surface area contributed by atoms with Gasteiger partial charge < -0.3 is 24.3 Å². The van der Waals surface area contributed by atoms with Gasteiger partial charge in [-0.1, -0.05) is 0 Å². The Morgan fingerprint density at radius 2 is 1.80 bits per heavy atom. The fourth-order valence-electron chi connectivity index (χ4n) is 1.28. The maximum Gasteiger partial charge on any atom is 0.335 e. The molecule has 0 heterocycles. The molecule has 2 unspecified atom stereocenters. The van der Waals surface area contributed by atoms with E-state index in [-0.39, 0.29) is 5.91 Å². The zero-order valence-electron chi connectivity index (χ0n) is 12.6. The van der Waals surface area contributed by atoms with E-state index in [1.54, 1.807) is 21.0 Å². The highest BCUT2D eigenvalue weighted by Crippen LogP contribution is 1.99. The summed E-state index contributed by atoms with van der Waals surface area (Å²) in [5.74, 6) is -0.914. The lowest BCUT2D eigenvalue weighted by molar-refractivity contribution is -0.164. The van der Waals surface area contributed by atoms with Crippen LogP contribution in [0.15, 0.2) is 0 Å². The molecule has 0 saturated heterocycles. The molecule has 0 aliphatic carbocycles. The molecule has 20 heavy (non-hydrogen) atoms. The number of methoxy groups -OCH3 is 1. The van der Waals surface area contributed by atoms with Crippen LogP contribution in [-0.2, 0) is 28.5 Å². The van der Waals surface area contributed by atoms with Crippen molar-refractivity contribution in [2.24, 2.45) is 0 Å². The Kier molecular flexibility index (Phi) is 10.9. The van der Waals surface area contributed by atoms with Gasteiger partial charge >= 0.3 is 5.97 Å². The minimum Gasteiger partial charge on any atom is -0.451 e. The van der Waals surface area contributed by atoms with Gasteiger partial charge in [0.1, 0.15) is 0 Å². The van der Waals surface area contributed by atoms with Crippen molar-refractivity contribution >= 4 is 11.9 Å². The number of esters is 1. The van der Waals surface area contributed by atoms with Gasteiger partial charge in [-0.3, -0.25) is 4.79 Å². The van der Waals surface area contributed by atoms with Gasteiger partial charge in [0.05, 0.1) is 19.8 Å². The van der Waals surface area contributed by atoms with Crippen LogP contribution in [0.4, 0.5) is 0 Å². The van der Waals surface area contributed by atoms with E-state index < -0.39 is 18.2 Å². The van der Waals surface area contributed by atoms with Gasteiger partial charge in [0.25, 0.3) is 5.91 Å². The molecule has 0 aliphatic heterocycles. The van der Waals surface area contributed by atoms with E-state index in [1.165, 1.54) is 6.92 Å². The van der Waals surface area contributed by atoms with Crippen LogP contribution in [0.25, 0.3) is 0 Å². The first-order valence-corrected chi connectivity index (χ1v) is 6.69. The highest BCUT2D eigenvalue weighted by molar-refractivity contribution is 5.84. The summed E-state index contributed by atoms with van der Waals surface area (Å²) in [6.45, 7) is 7.01. The number of amides is 1. The second kappa shape index (κ2) is 11.6. The summed E-state index contributed by atoms with van der Waals surface area (Å²) >= 11 is 0. The maximum absolute atomic E-state index is 11.6. The maximum atomic E-state index is 11.6. The molecule has 118 valence electrons. The highest BCUT2D eigenvalue weighted by atomic mass is 16.6. The molecule has 0 aromatic rings. The zero-order chi connectivity index (χ0) is 15.4. The van der Waals surface area contributed by atoms with Crippen molar-refractivity contribution in [2.45, 2.75) is 33.0 Å². The monoisotopic (exact) mass is 291 g/mol. The van der Waals surface area contributed by atoms with Crippen molar-refractivity contribution in [3.63, 3.8) is 0 Å². The van der Waals surface area contributed by atoms with Gasteiger partial charge in [0.2, 0.25) is 0 Å². The third-order valence-electron chi connectivity index (χ3n) is 2.39. The summed E-state index contributed by atoms with van der Waals surface area (Å²) in [5, 5.41) is 2.61. The molecule has 0 saturated carbocycles. The van der Waals surface area contributed by atoms with Crippen LogP contribution in [0, 0.1) is 0 Å². The summed E-state index contributed by atoms with van der Waals surface area (Å²) in [6, 6.07) is 0. The first-order chi connectivity index (χ1) is 9.52. The Balaban J connectivity index is 3.78. The predicted octanol–water partition coefficient (Wildman–Crippen LogP) is 0.122. The molecule has 0 rings (SSSR count). The van der Waals surface area contributed by atoms with Crippen LogP contribution in [0.5, 0.6) is 0 Å². The van der Waals surface area contributed by atoms with E-state index in [0.717, 1.165) is 0 Å². The first kappa shape index (κ1) is 18.8. The molecule has 1 amide bonds. The topological polar surface area (TPSA) is 83.1 Å². The number of rotatable bonds is 11. The second-order valence-corrected chi connectivity index (χ2v) is 4.07.